The molecule has 0 saturated carbocycles. The van der Waals surface area contributed by atoms with Crippen LogP contribution in [0.15, 0.2) is 0 Å². The van der Waals surface area contributed by atoms with E-state index in [1.165, 1.54) is 0 Å². The van der Waals surface area contributed by atoms with Gasteiger partial charge in [0.2, 0.25) is 5.91 Å². The van der Waals surface area contributed by atoms with Crippen molar-refractivity contribution < 1.29 is 4.79 Å². The molecule has 0 fully saturated rings. The summed E-state index contributed by atoms with van der Waals surface area (Å²) in [5.41, 5.74) is -0.412. The molecule has 11 heavy (non-hydrogen) atoms. The van der Waals surface area contributed by atoms with Crippen LogP contribution < -0.4 is 5.32 Å². The van der Waals surface area contributed by atoms with Gasteiger partial charge in [-0.25, -0.2) is 0 Å². The molecule has 0 spiro atoms. The van der Waals surface area contributed by atoms with Crippen LogP contribution in [0.5, 0.6) is 0 Å². The predicted octanol–water partition coefficient (Wildman–Crippen LogP) is 1.06. The van der Waals surface area contributed by atoms with Gasteiger partial charge in [0.25, 0.3) is 0 Å². The summed E-state index contributed by atoms with van der Waals surface area (Å²) in [5, 5.41) is 11.0. The number of nitriles is 1. The van der Waals surface area contributed by atoms with Gasteiger partial charge in [0, 0.05) is 5.41 Å². The van der Waals surface area contributed by atoms with Gasteiger partial charge < -0.3 is 5.32 Å². The van der Waals surface area contributed by atoms with Crippen molar-refractivity contribution in [2.75, 3.05) is 0 Å². The average Bonchev–Trinajstić information content (AvgIpc) is 1.85. The van der Waals surface area contributed by atoms with E-state index in [-0.39, 0.29) is 5.91 Å². The lowest BCUT2D eigenvalue weighted by molar-refractivity contribution is -0.128. The number of hydrogen-bond donors (Lipinski definition) is 1. The molecule has 0 aromatic rings. The van der Waals surface area contributed by atoms with Crippen LogP contribution in [0.3, 0.4) is 0 Å². The molecule has 0 aromatic carbocycles. The summed E-state index contributed by atoms with van der Waals surface area (Å²) >= 11 is 0. The summed E-state index contributed by atoms with van der Waals surface area (Å²) in [5.74, 6) is -0.0912. The van der Waals surface area contributed by atoms with E-state index in [2.05, 4.69) is 5.32 Å². The van der Waals surface area contributed by atoms with Gasteiger partial charge in [0.1, 0.15) is 6.04 Å². The monoisotopic (exact) mass is 154 g/mol. The number of rotatable bonds is 1. The zero-order valence-electron chi connectivity index (χ0n) is 7.43. The van der Waals surface area contributed by atoms with Crippen LogP contribution in [0.25, 0.3) is 0 Å². The van der Waals surface area contributed by atoms with Crippen molar-refractivity contribution in [1.82, 2.24) is 5.32 Å². The molecule has 0 aromatic heterocycles. The summed E-state index contributed by atoms with van der Waals surface area (Å²) in [4.78, 5) is 11.2. The minimum atomic E-state index is -0.412. The Morgan fingerprint density at radius 3 is 2.27 bits per heavy atom. The van der Waals surface area contributed by atoms with Gasteiger partial charge in [-0.05, 0) is 6.92 Å². The minimum Gasteiger partial charge on any atom is -0.340 e. The fourth-order valence-corrected chi connectivity index (χ4v) is 0.445. The molecule has 0 aliphatic rings. The van der Waals surface area contributed by atoms with E-state index in [1.54, 1.807) is 6.92 Å². The highest BCUT2D eigenvalue weighted by Gasteiger charge is 2.21. The second-order valence-electron chi connectivity index (χ2n) is 3.57. The molecule has 0 heterocycles. The first-order chi connectivity index (χ1) is 4.88. The molecule has 1 atom stereocenters. The third kappa shape index (κ3) is 3.61. The summed E-state index contributed by atoms with van der Waals surface area (Å²) < 4.78 is 0. The third-order valence-electron chi connectivity index (χ3n) is 1.22. The molecule has 0 saturated heterocycles. The Labute approximate surface area is 67.4 Å². The number of nitrogens with zero attached hydrogens (tertiary/aromatic N) is 1. The Morgan fingerprint density at radius 2 is 2.00 bits per heavy atom. The summed E-state index contributed by atoms with van der Waals surface area (Å²) in [6.45, 7) is 7.09. The maximum Gasteiger partial charge on any atom is 0.226 e. The maximum atomic E-state index is 11.2. The predicted molar refractivity (Wildman–Crippen MR) is 42.7 cm³/mol. The Morgan fingerprint density at radius 1 is 1.55 bits per heavy atom. The highest BCUT2D eigenvalue weighted by atomic mass is 16.2. The molecular weight excluding hydrogens is 140 g/mol. The lowest BCUT2D eigenvalue weighted by atomic mass is 9.95. The highest BCUT2D eigenvalue weighted by molar-refractivity contribution is 5.81. The van der Waals surface area contributed by atoms with Crippen LogP contribution in [0.1, 0.15) is 27.7 Å². The number of carbonyl (C=O) groups is 1. The lowest BCUT2D eigenvalue weighted by Gasteiger charge is -2.18. The molecule has 0 unspecified atom stereocenters. The van der Waals surface area contributed by atoms with Gasteiger partial charge in [0.05, 0.1) is 6.07 Å². The molecule has 62 valence electrons. The molecule has 0 aliphatic carbocycles. The zero-order valence-corrected chi connectivity index (χ0v) is 7.43. The van der Waals surface area contributed by atoms with Gasteiger partial charge in [-0.2, -0.15) is 5.26 Å². The number of amides is 1. The maximum absolute atomic E-state index is 11.2. The fraction of sp³-hybridized carbons (Fsp3) is 0.750. The first-order valence-electron chi connectivity index (χ1n) is 3.58. The molecule has 1 amide bonds. The van der Waals surface area contributed by atoms with E-state index in [0.29, 0.717) is 0 Å². The van der Waals surface area contributed by atoms with Gasteiger partial charge in [0.15, 0.2) is 0 Å². The van der Waals surface area contributed by atoms with E-state index >= 15 is 0 Å². The van der Waals surface area contributed by atoms with Crippen LogP contribution in [0.4, 0.5) is 0 Å². The zero-order chi connectivity index (χ0) is 9.07. The number of carbonyl (C=O) groups excluding carboxylic acids is 1. The standard InChI is InChI=1S/C8H14N2O/c1-6(5-9)10-7(11)8(2,3)4/h6H,1-4H3,(H,10,11)/t6-/m0/s1. The first kappa shape index (κ1) is 9.96. The van der Waals surface area contributed by atoms with Crippen molar-refractivity contribution in [2.45, 2.75) is 33.7 Å². The largest absolute Gasteiger partial charge is 0.340 e. The van der Waals surface area contributed by atoms with Crippen LogP contribution in [0, 0.1) is 16.7 Å². The van der Waals surface area contributed by atoms with Crippen molar-refractivity contribution in [3.05, 3.63) is 0 Å². The number of hydrogen-bond acceptors (Lipinski definition) is 2. The molecule has 0 aliphatic heterocycles. The van der Waals surface area contributed by atoms with Gasteiger partial charge in [-0.3, -0.25) is 4.79 Å². The molecule has 0 bridgehead atoms. The quantitative estimate of drug-likeness (QED) is 0.614. The molecule has 3 nitrogen and oxygen atoms in total. The average molecular weight is 154 g/mol. The minimum absolute atomic E-state index is 0.0912. The van der Waals surface area contributed by atoms with Gasteiger partial charge in [-0.15, -0.1) is 0 Å². The van der Waals surface area contributed by atoms with E-state index in [9.17, 15) is 4.79 Å². The highest BCUT2D eigenvalue weighted by Crippen LogP contribution is 2.12. The smallest absolute Gasteiger partial charge is 0.226 e. The van der Waals surface area contributed by atoms with E-state index in [1.807, 2.05) is 26.8 Å². The molecule has 3 heteroatoms. The van der Waals surface area contributed by atoms with E-state index in [0.717, 1.165) is 0 Å². The summed E-state index contributed by atoms with van der Waals surface area (Å²) in [6.07, 6.45) is 0. The molecular formula is C8H14N2O. The Bertz CT molecular complexity index is 185. The summed E-state index contributed by atoms with van der Waals surface area (Å²) in [6, 6.07) is 1.53. The van der Waals surface area contributed by atoms with Crippen molar-refractivity contribution in [3.8, 4) is 6.07 Å². The van der Waals surface area contributed by atoms with Crippen molar-refractivity contribution in [2.24, 2.45) is 5.41 Å². The second kappa shape index (κ2) is 3.38. The van der Waals surface area contributed by atoms with Crippen molar-refractivity contribution in [3.63, 3.8) is 0 Å². The molecule has 1 N–H and O–H groups in total. The Kier molecular flexibility index (Phi) is 3.06. The fourth-order valence-electron chi connectivity index (χ4n) is 0.445. The second-order valence-corrected chi connectivity index (χ2v) is 3.57. The van der Waals surface area contributed by atoms with Crippen LogP contribution in [-0.4, -0.2) is 11.9 Å². The molecule has 0 radical (unpaired) electrons. The van der Waals surface area contributed by atoms with E-state index in [4.69, 9.17) is 5.26 Å². The van der Waals surface area contributed by atoms with Crippen LogP contribution in [0.2, 0.25) is 0 Å². The molecule has 0 rings (SSSR count). The Hall–Kier alpha value is -1.04. The van der Waals surface area contributed by atoms with Crippen LogP contribution in [-0.2, 0) is 4.79 Å². The van der Waals surface area contributed by atoms with Crippen molar-refractivity contribution in [1.29, 1.82) is 5.26 Å². The summed E-state index contributed by atoms with van der Waals surface area (Å²) in [7, 11) is 0. The lowest BCUT2D eigenvalue weighted by Crippen LogP contribution is -2.39. The van der Waals surface area contributed by atoms with Crippen LogP contribution >= 0.6 is 0 Å². The van der Waals surface area contributed by atoms with Gasteiger partial charge >= 0.3 is 0 Å². The number of nitrogens with one attached hydrogen (secondary N) is 1. The topological polar surface area (TPSA) is 52.9 Å². The van der Waals surface area contributed by atoms with Crippen molar-refractivity contribution >= 4 is 5.91 Å². The Balaban J connectivity index is 4.01. The first-order valence-corrected chi connectivity index (χ1v) is 3.58. The SMILES string of the molecule is C[C@@H](C#N)NC(=O)C(C)(C)C. The normalized spacial score (nSPS) is 13.4. The van der Waals surface area contributed by atoms with Gasteiger partial charge in [-0.1, -0.05) is 20.8 Å². The third-order valence-corrected chi connectivity index (χ3v) is 1.22. The van der Waals surface area contributed by atoms with E-state index < -0.39 is 11.5 Å².